The molecule has 116 valence electrons. The van der Waals surface area contributed by atoms with E-state index in [1.165, 1.54) is 14.2 Å². The number of fused-ring (bicyclic) bond motifs is 3. The average molecular weight is 302 g/mol. The number of amides is 1. The van der Waals surface area contributed by atoms with Gasteiger partial charge in [0.1, 0.15) is 11.8 Å². The number of rotatable bonds is 4. The number of nitrogens with two attached hydrogens (primary N) is 1. The van der Waals surface area contributed by atoms with Gasteiger partial charge in [-0.1, -0.05) is 24.3 Å². The number of carbonyl (C=O) groups excluding carboxylic acids is 1. The van der Waals surface area contributed by atoms with Crippen LogP contribution in [0.25, 0.3) is 11.3 Å². The zero-order chi connectivity index (χ0) is 15.9. The second kappa shape index (κ2) is 5.38. The van der Waals surface area contributed by atoms with Crippen molar-refractivity contribution in [2.24, 2.45) is 5.73 Å². The van der Waals surface area contributed by atoms with Crippen LogP contribution in [0.4, 0.5) is 0 Å². The van der Waals surface area contributed by atoms with Gasteiger partial charge in [-0.15, -0.1) is 0 Å². The van der Waals surface area contributed by atoms with Crippen LogP contribution in [0, 0.1) is 0 Å². The molecule has 1 aromatic heterocycles. The van der Waals surface area contributed by atoms with E-state index in [-0.39, 0.29) is 11.8 Å². The minimum Gasteiger partial charge on any atom is -0.493 e. The first-order valence-electron chi connectivity index (χ1n) is 6.91. The molecule has 0 bridgehead atoms. The van der Waals surface area contributed by atoms with E-state index in [0.717, 1.165) is 16.8 Å². The number of methoxy groups -OCH3 is 3. The molecule has 1 aromatic carbocycles. The predicted octanol–water partition coefficient (Wildman–Crippen LogP) is 1.97. The molecule has 0 fully saturated rings. The monoisotopic (exact) mass is 302 g/mol. The van der Waals surface area contributed by atoms with Crippen LogP contribution < -0.4 is 15.2 Å². The molecule has 2 heterocycles. The largest absolute Gasteiger partial charge is 0.493 e. The smallest absolute Gasteiger partial charge is 0.258 e. The summed E-state index contributed by atoms with van der Waals surface area (Å²) in [7, 11) is 4.64. The number of primary amides is 1. The summed E-state index contributed by atoms with van der Waals surface area (Å²) in [6.07, 6.45) is 0.383. The Hall–Kier alpha value is -2.47. The summed E-state index contributed by atoms with van der Waals surface area (Å²) in [5.41, 5.74) is 8.63. The topological polar surface area (TPSA) is 75.7 Å². The first-order valence-corrected chi connectivity index (χ1v) is 6.91. The van der Waals surface area contributed by atoms with Gasteiger partial charge in [0.25, 0.3) is 5.91 Å². The van der Waals surface area contributed by atoms with E-state index in [4.69, 9.17) is 19.9 Å². The van der Waals surface area contributed by atoms with Gasteiger partial charge in [-0.05, 0) is 5.56 Å². The molecule has 2 aromatic rings. The maximum Gasteiger partial charge on any atom is 0.258 e. The number of hydrogen-bond donors (Lipinski definition) is 1. The van der Waals surface area contributed by atoms with Crippen LogP contribution in [-0.4, -0.2) is 31.8 Å². The molecule has 1 aliphatic rings. The second-order valence-corrected chi connectivity index (χ2v) is 5.05. The third-order valence-electron chi connectivity index (χ3n) is 3.99. The van der Waals surface area contributed by atoms with Crippen molar-refractivity contribution in [1.29, 1.82) is 0 Å². The lowest BCUT2D eigenvalue weighted by Gasteiger charge is -2.28. The number of hydrogen-bond acceptors (Lipinski definition) is 4. The molecule has 22 heavy (non-hydrogen) atoms. The van der Waals surface area contributed by atoms with Crippen LogP contribution in [0.1, 0.15) is 22.1 Å². The Bertz CT molecular complexity index is 736. The van der Waals surface area contributed by atoms with Crippen LogP contribution in [0.3, 0.4) is 0 Å². The zero-order valence-corrected chi connectivity index (χ0v) is 12.8. The summed E-state index contributed by atoms with van der Waals surface area (Å²) in [4.78, 5) is 11.9. The fraction of sp³-hybridized carbons (Fsp3) is 0.312. The van der Waals surface area contributed by atoms with Crippen molar-refractivity contribution in [3.05, 3.63) is 35.4 Å². The highest BCUT2D eigenvalue weighted by Gasteiger charge is 2.36. The molecule has 6 nitrogen and oxygen atoms in total. The first-order chi connectivity index (χ1) is 10.6. The van der Waals surface area contributed by atoms with E-state index < -0.39 is 5.91 Å². The van der Waals surface area contributed by atoms with Crippen molar-refractivity contribution in [1.82, 2.24) is 4.57 Å². The number of nitrogens with zero attached hydrogens (tertiary/aromatic N) is 1. The molecule has 0 radical (unpaired) electrons. The third-order valence-corrected chi connectivity index (χ3v) is 3.99. The number of carbonyl (C=O) groups is 1. The highest BCUT2D eigenvalue weighted by molar-refractivity contribution is 6.01. The highest BCUT2D eigenvalue weighted by Crippen LogP contribution is 2.48. The average Bonchev–Trinajstić information content (AvgIpc) is 2.88. The molecule has 1 atom stereocenters. The quantitative estimate of drug-likeness (QED) is 0.937. The van der Waals surface area contributed by atoms with Gasteiger partial charge in [0.2, 0.25) is 5.88 Å². The Morgan fingerprint density at radius 2 is 1.95 bits per heavy atom. The van der Waals surface area contributed by atoms with Gasteiger partial charge in [0, 0.05) is 19.1 Å². The standard InChI is InChI=1S/C16H18N2O4/c1-20-11-8-9-6-4-5-7-10(9)13-14(21-2)12(15(17)19)16(22-3)18(11)13/h4-7,11H,8H2,1-3H3,(H2,17,19). The van der Waals surface area contributed by atoms with Crippen molar-refractivity contribution in [2.75, 3.05) is 21.3 Å². The first kappa shape index (κ1) is 14.5. The fourth-order valence-electron chi connectivity index (χ4n) is 3.09. The normalized spacial score (nSPS) is 15.9. The van der Waals surface area contributed by atoms with E-state index in [0.29, 0.717) is 18.1 Å². The minimum absolute atomic E-state index is 0.235. The molecule has 6 heteroatoms. The van der Waals surface area contributed by atoms with Crippen molar-refractivity contribution < 1.29 is 19.0 Å². The van der Waals surface area contributed by atoms with E-state index in [2.05, 4.69) is 0 Å². The van der Waals surface area contributed by atoms with Crippen LogP contribution in [0.15, 0.2) is 24.3 Å². The minimum atomic E-state index is -0.595. The summed E-state index contributed by atoms with van der Waals surface area (Å²) < 4.78 is 18.3. The number of aromatic nitrogens is 1. The van der Waals surface area contributed by atoms with Crippen LogP contribution in [0.5, 0.6) is 11.6 Å². The highest BCUT2D eigenvalue weighted by atomic mass is 16.5. The molecular formula is C16H18N2O4. The Morgan fingerprint density at radius 1 is 1.23 bits per heavy atom. The second-order valence-electron chi connectivity index (χ2n) is 5.05. The summed E-state index contributed by atoms with van der Waals surface area (Å²) >= 11 is 0. The molecular weight excluding hydrogens is 284 g/mol. The van der Waals surface area contributed by atoms with E-state index >= 15 is 0 Å². The van der Waals surface area contributed by atoms with Crippen molar-refractivity contribution in [3.8, 4) is 22.9 Å². The lowest BCUT2D eigenvalue weighted by atomic mass is 9.97. The molecule has 0 saturated carbocycles. The molecule has 1 amide bonds. The van der Waals surface area contributed by atoms with Crippen molar-refractivity contribution in [2.45, 2.75) is 12.6 Å². The fourth-order valence-corrected chi connectivity index (χ4v) is 3.09. The van der Waals surface area contributed by atoms with Gasteiger partial charge in [0.05, 0.1) is 19.9 Å². The molecule has 3 rings (SSSR count). The van der Waals surface area contributed by atoms with E-state index in [1.807, 2.05) is 28.8 Å². The van der Waals surface area contributed by atoms with Crippen molar-refractivity contribution in [3.63, 3.8) is 0 Å². The Labute approximate surface area is 128 Å². The lowest BCUT2D eigenvalue weighted by Crippen LogP contribution is -2.21. The Kier molecular flexibility index (Phi) is 3.54. The molecule has 0 spiro atoms. The third kappa shape index (κ3) is 1.88. The van der Waals surface area contributed by atoms with Crippen LogP contribution in [0.2, 0.25) is 0 Å². The molecule has 1 unspecified atom stereocenters. The van der Waals surface area contributed by atoms with Crippen molar-refractivity contribution >= 4 is 5.91 Å². The van der Waals surface area contributed by atoms with Gasteiger partial charge in [0.15, 0.2) is 5.75 Å². The zero-order valence-electron chi connectivity index (χ0n) is 12.8. The van der Waals surface area contributed by atoms with Crippen LogP contribution >= 0.6 is 0 Å². The molecule has 2 N–H and O–H groups in total. The molecule has 0 saturated heterocycles. The predicted molar refractivity (Wildman–Crippen MR) is 81.2 cm³/mol. The number of ether oxygens (including phenoxy) is 3. The SMILES string of the molecule is COc1c(C(N)=O)c(OC)n2c1-c1ccccc1CC2OC. The Morgan fingerprint density at radius 3 is 2.55 bits per heavy atom. The number of benzene rings is 1. The van der Waals surface area contributed by atoms with E-state index in [1.54, 1.807) is 7.11 Å². The summed E-state index contributed by atoms with van der Waals surface area (Å²) in [5.74, 6) is 0.183. The maximum atomic E-state index is 11.9. The van der Waals surface area contributed by atoms with Gasteiger partial charge < -0.3 is 19.9 Å². The van der Waals surface area contributed by atoms with Gasteiger partial charge in [-0.25, -0.2) is 0 Å². The summed E-state index contributed by atoms with van der Waals surface area (Å²) in [6.45, 7) is 0. The Balaban J connectivity index is 2.41. The van der Waals surface area contributed by atoms with Gasteiger partial charge >= 0.3 is 0 Å². The van der Waals surface area contributed by atoms with Gasteiger partial charge in [-0.3, -0.25) is 9.36 Å². The lowest BCUT2D eigenvalue weighted by molar-refractivity contribution is 0.0378. The molecule has 1 aliphatic heterocycles. The molecule has 0 aliphatic carbocycles. The summed E-state index contributed by atoms with van der Waals surface area (Å²) in [6, 6.07) is 7.94. The van der Waals surface area contributed by atoms with E-state index in [9.17, 15) is 4.79 Å². The van der Waals surface area contributed by atoms with Crippen LogP contribution in [-0.2, 0) is 11.2 Å². The summed E-state index contributed by atoms with van der Waals surface area (Å²) in [5, 5.41) is 0. The van der Waals surface area contributed by atoms with Gasteiger partial charge in [-0.2, -0.15) is 0 Å². The maximum absolute atomic E-state index is 11.9.